The third kappa shape index (κ3) is 2.57. The zero-order valence-electron chi connectivity index (χ0n) is 10.4. The van der Waals surface area contributed by atoms with Gasteiger partial charge >= 0.3 is 0 Å². The van der Waals surface area contributed by atoms with Gasteiger partial charge in [-0.15, -0.1) is 11.3 Å². The van der Waals surface area contributed by atoms with Crippen LogP contribution in [-0.2, 0) is 0 Å². The van der Waals surface area contributed by atoms with E-state index in [-0.39, 0.29) is 6.04 Å². The lowest BCUT2D eigenvalue weighted by Crippen LogP contribution is -2.11. The normalized spacial score (nSPS) is 12.3. The number of benzene rings is 2. The smallest absolute Gasteiger partial charge is 0.114 e. The first-order valence-corrected chi connectivity index (χ1v) is 7.03. The van der Waals surface area contributed by atoms with Crippen molar-refractivity contribution in [3.8, 4) is 11.1 Å². The predicted molar refractivity (Wildman–Crippen MR) is 80.0 cm³/mol. The number of hydrogen-bond acceptors (Lipinski definition) is 3. The molecule has 3 heteroatoms. The van der Waals surface area contributed by atoms with Crippen LogP contribution in [0.4, 0.5) is 0 Å². The van der Waals surface area contributed by atoms with Crippen LogP contribution in [0.1, 0.15) is 16.6 Å². The molecule has 2 aromatic carbocycles. The molecule has 19 heavy (non-hydrogen) atoms. The molecule has 1 atom stereocenters. The standard InChI is InChI=1S/C16H14N2S/c17-15(16-18-10-11-19-16)14-8-6-13(7-9-14)12-4-2-1-3-5-12/h1-11,15H,17H2. The zero-order chi connectivity index (χ0) is 13.1. The van der Waals surface area contributed by atoms with Crippen LogP contribution in [0.5, 0.6) is 0 Å². The SMILES string of the molecule is NC(c1ccc(-c2ccccc2)cc1)c1nccs1. The summed E-state index contributed by atoms with van der Waals surface area (Å²) in [5.41, 5.74) is 9.71. The van der Waals surface area contributed by atoms with Crippen LogP contribution in [0, 0.1) is 0 Å². The minimum Gasteiger partial charge on any atom is -0.318 e. The van der Waals surface area contributed by atoms with Crippen molar-refractivity contribution in [3.05, 3.63) is 76.7 Å². The first-order valence-electron chi connectivity index (χ1n) is 6.15. The van der Waals surface area contributed by atoms with Gasteiger partial charge in [-0.25, -0.2) is 4.98 Å². The zero-order valence-corrected chi connectivity index (χ0v) is 11.2. The Bertz CT molecular complexity index is 630. The predicted octanol–water partition coefficient (Wildman–Crippen LogP) is 3.86. The molecule has 1 aromatic heterocycles. The monoisotopic (exact) mass is 266 g/mol. The molecule has 2 N–H and O–H groups in total. The maximum atomic E-state index is 6.20. The molecule has 0 fully saturated rings. The van der Waals surface area contributed by atoms with E-state index in [1.807, 2.05) is 23.6 Å². The van der Waals surface area contributed by atoms with Crippen LogP contribution < -0.4 is 5.73 Å². The van der Waals surface area contributed by atoms with Crippen LogP contribution >= 0.6 is 11.3 Å². The van der Waals surface area contributed by atoms with Gasteiger partial charge in [0, 0.05) is 11.6 Å². The van der Waals surface area contributed by atoms with Gasteiger partial charge < -0.3 is 5.73 Å². The van der Waals surface area contributed by atoms with Crippen LogP contribution in [-0.4, -0.2) is 4.98 Å². The summed E-state index contributed by atoms with van der Waals surface area (Å²) in [6.07, 6.45) is 1.79. The Hall–Kier alpha value is -1.97. The van der Waals surface area contributed by atoms with Crippen LogP contribution in [0.3, 0.4) is 0 Å². The molecule has 0 saturated carbocycles. The Morgan fingerprint density at radius 2 is 1.58 bits per heavy atom. The van der Waals surface area contributed by atoms with Gasteiger partial charge in [-0.2, -0.15) is 0 Å². The van der Waals surface area contributed by atoms with Gasteiger partial charge in [0.1, 0.15) is 5.01 Å². The Balaban J connectivity index is 1.87. The first-order chi connectivity index (χ1) is 9.34. The molecular weight excluding hydrogens is 252 g/mol. The molecule has 0 bridgehead atoms. The highest BCUT2D eigenvalue weighted by Gasteiger charge is 2.11. The van der Waals surface area contributed by atoms with Crippen molar-refractivity contribution in [2.24, 2.45) is 5.73 Å². The van der Waals surface area contributed by atoms with E-state index in [1.54, 1.807) is 17.5 Å². The van der Waals surface area contributed by atoms with Gasteiger partial charge in [-0.1, -0.05) is 54.6 Å². The highest BCUT2D eigenvalue weighted by molar-refractivity contribution is 7.09. The summed E-state index contributed by atoms with van der Waals surface area (Å²) in [5, 5.41) is 2.90. The maximum absolute atomic E-state index is 6.20. The van der Waals surface area contributed by atoms with Crippen molar-refractivity contribution in [3.63, 3.8) is 0 Å². The molecule has 0 spiro atoms. The van der Waals surface area contributed by atoms with Crippen molar-refractivity contribution in [1.29, 1.82) is 0 Å². The summed E-state index contributed by atoms with van der Waals surface area (Å²) in [6.45, 7) is 0. The fourth-order valence-electron chi connectivity index (χ4n) is 2.04. The highest BCUT2D eigenvalue weighted by atomic mass is 32.1. The Morgan fingerprint density at radius 1 is 0.895 bits per heavy atom. The molecular formula is C16H14N2S. The van der Waals surface area contributed by atoms with E-state index < -0.39 is 0 Å². The van der Waals surface area contributed by atoms with E-state index in [1.165, 1.54) is 11.1 Å². The average Bonchev–Trinajstić information content (AvgIpc) is 3.02. The molecule has 0 aliphatic rings. The lowest BCUT2D eigenvalue weighted by molar-refractivity contribution is 0.858. The molecule has 94 valence electrons. The van der Waals surface area contributed by atoms with Gasteiger partial charge in [0.15, 0.2) is 0 Å². The van der Waals surface area contributed by atoms with Crippen molar-refractivity contribution in [2.45, 2.75) is 6.04 Å². The van der Waals surface area contributed by atoms with Crippen molar-refractivity contribution in [1.82, 2.24) is 4.98 Å². The topological polar surface area (TPSA) is 38.9 Å². The van der Waals surface area contributed by atoms with Crippen molar-refractivity contribution in [2.75, 3.05) is 0 Å². The van der Waals surface area contributed by atoms with Gasteiger partial charge in [-0.05, 0) is 16.7 Å². The number of nitrogens with zero attached hydrogens (tertiary/aromatic N) is 1. The second-order valence-electron chi connectivity index (χ2n) is 4.34. The summed E-state index contributed by atoms with van der Waals surface area (Å²) in [5.74, 6) is 0. The molecule has 1 unspecified atom stereocenters. The van der Waals surface area contributed by atoms with Gasteiger partial charge in [-0.3, -0.25) is 0 Å². The number of rotatable bonds is 3. The summed E-state index contributed by atoms with van der Waals surface area (Å²) >= 11 is 1.59. The van der Waals surface area contributed by atoms with Gasteiger partial charge in [0.05, 0.1) is 6.04 Å². The molecule has 0 radical (unpaired) electrons. The molecule has 1 heterocycles. The number of nitrogens with two attached hydrogens (primary N) is 1. The Kier molecular flexibility index (Phi) is 3.40. The molecule has 2 nitrogen and oxygen atoms in total. The van der Waals surface area contributed by atoms with Gasteiger partial charge in [0.25, 0.3) is 0 Å². The minimum absolute atomic E-state index is 0.134. The lowest BCUT2D eigenvalue weighted by atomic mass is 10.0. The number of aromatic nitrogens is 1. The molecule has 0 aliphatic carbocycles. The highest BCUT2D eigenvalue weighted by Crippen LogP contribution is 2.25. The summed E-state index contributed by atoms with van der Waals surface area (Å²) < 4.78 is 0. The summed E-state index contributed by atoms with van der Waals surface area (Å²) in [4.78, 5) is 4.27. The first kappa shape index (κ1) is 12.1. The van der Waals surface area contributed by atoms with E-state index in [4.69, 9.17) is 5.73 Å². The molecule has 0 aliphatic heterocycles. The molecule has 3 aromatic rings. The fourth-order valence-corrected chi connectivity index (χ4v) is 2.71. The molecule has 0 saturated heterocycles. The third-order valence-corrected chi connectivity index (χ3v) is 3.95. The lowest BCUT2D eigenvalue weighted by Gasteiger charge is -2.10. The van der Waals surface area contributed by atoms with Crippen molar-refractivity contribution >= 4 is 11.3 Å². The second kappa shape index (κ2) is 5.34. The quantitative estimate of drug-likeness (QED) is 0.782. The van der Waals surface area contributed by atoms with E-state index in [0.29, 0.717) is 0 Å². The van der Waals surface area contributed by atoms with E-state index in [0.717, 1.165) is 10.6 Å². The second-order valence-corrected chi connectivity index (χ2v) is 5.26. The number of thiazole rings is 1. The molecule has 0 amide bonds. The molecule has 3 rings (SSSR count). The van der Waals surface area contributed by atoms with Crippen LogP contribution in [0.15, 0.2) is 66.2 Å². The summed E-state index contributed by atoms with van der Waals surface area (Å²) in [7, 11) is 0. The average molecular weight is 266 g/mol. The summed E-state index contributed by atoms with van der Waals surface area (Å²) in [6, 6.07) is 18.6. The van der Waals surface area contributed by atoms with Crippen molar-refractivity contribution < 1.29 is 0 Å². The largest absolute Gasteiger partial charge is 0.318 e. The van der Waals surface area contributed by atoms with Crippen LogP contribution in [0.25, 0.3) is 11.1 Å². The van der Waals surface area contributed by atoms with E-state index >= 15 is 0 Å². The van der Waals surface area contributed by atoms with Gasteiger partial charge in [0.2, 0.25) is 0 Å². The van der Waals surface area contributed by atoms with E-state index in [2.05, 4.69) is 41.4 Å². The fraction of sp³-hybridized carbons (Fsp3) is 0.0625. The Morgan fingerprint density at radius 3 is 2.21 bits per heavy atom. The Labute approximate surface area is 116 Å². The minimum atomic E-state index is -0.134. The van der Waals surface area contributed by atoms with E-state index in [9.17, 15) is 0 Å². The number of hydrogen-bond donors (Lipinski definition) is 1. The maximum Gasteiger partial charge on any atom is 0.114 e. The third-order valence-electron chi connectivity index (χ3n) is 3.09. The van der Waals surface area contributed by atoms with Crippen LogP contribution in [0.2, 0.25) is 0 Å².